The number of aryl methyl sites for hydroxylation is 1. The van der Waals surface area contributed by atoms with E-state index in [2.05, 4.69) is 25.7 Å². The lowest BCUT2D eigenvalue weighted by Crippen LogP contribution is -2.40. The zero-order valence-electron chi connectivity index (χ0n) is 26.5. The number of amides is 2. The van der Waals surface area contributed by atoms with Gasteiger partial charge in [0, 0.05) is 12.7 Å². The first-order chi connectivity index (χ1) is 21.2. The minimum atomic E-state index is -3.63. The van der Waals surface area contributed by atoms with Crippen LogP contribution in [0.15, 0.2) is 71.0 Å². The van der Waals surface area contributed by atoms with Gasteiger partial charge in [-0.1, -0.05) is 62.4 Å². The molecule has 1 heterocycles. The molecule has 1 unspecified atom stereocenters. The van der Waals surface area contributed by atoms with Gasteiger partial charge in [0.25, 0.3) is 5.91 Å². The van der Waals surface area contributed by atoms with Gasteiger partial charge < -0.3 is 20.1 Å². The number of nitrogens with one attached hydrogen (secondary N) is 3. The minimum absolute atomic E-state index is 0.179. The van der Waals surface area contributed by atoms with Gasteiger partial charge in [0.2, 0.25) is 15.9 Å². The molecule has 4 rings (SSSR count). The average molecular weight is 637 g/mol. The molecule has 3 N–H and O–H groups in total. The summed E-state index contributed by atoms with van der Waals surface area (Å²) in [7, 11) is -0.645. The van der Waals surface area contributed by atoms with Crippen molar-refractivity contribution in [3.63, 3.8) is 0 Å². The lowest BCUT2D eigenvalue weighted by atomic mass is 9.86. The van der Waals surface area contributed by atoms with E-state index < -0.39 is 22.0 Å². The monoisotopic (exact) mass is 636 g/mol. The molecule has 2 amide bonds. The maximum atomic E-state index is 13.6. The number of hydrogen-bond donors (Lipinski definition) is 3. The second-order valence-electron chi connectivity index (χ2n) is 11.9. The molecule has 0 saturated carbocycles. The molecule has 12 nitrogen and oxygen atoms in total. The molecule has 0 spiro atoms. The zero-order chi connectivity index (χ0) is 32.9. The van der Waals surface area contributed by atoms with Crippen LogP contribution >= 0.6 is 0 Å². The normalized spacial score (nSPS) is 15.4. The Morgan fingerprint density at radius 2 is 1.73 bits per heavy atom. The Kier molecular flexibility index (Phi) is 10.1. The minimum Gasteiger partial charge on any atom is -0.492 e. The van der Waals surface area contributed by atoms with Crippen LogP contribution in [-0.4, -0.2) is 59.9 Å². The molecule has 3 aromatic carbocycles. The first-order valence-corrected chi connectivity index (χ1v) is 16.2. The van der Waals surface area contributed by atoms with E-state index in [1.807, 2.05) is 58.0 Å². The first-order valence-electron chi connectivity index (χ1n) is 14.3. The van der Waals surface area contributed by atoms with Crippen LogP contribution in [0, 0.1) is 6.92 Å². The number of hydrogen-bond acceptors (Lipinski definition) is 9. The fourth-order valence-corrected chi connectivity index (χ4v) is 5.41. The highest BCUT2D eigenvalue weighted by Gasteiger charge is 2.30. The summed E-state index contributed by atoms with van der Waals surface area (Å²) in [6.45, 7) is 8.31. The number of nitrogens with zero attached hydrogens (tertiary/aromatic N) is 3. The zero-order valence-corrected chi connectivity index (χ0v) is 27.4. The van der Waals surface area contributed by atoms with E-state index in [0.29, 0.717) is 23.5 Å². The second kappa shape index (κ2) is 13.7. The molecule has 13 heteroatoms. The van der Waals surface area contributed by atoms with E-state index in [0.717, 1.165) is 22.9 Å². The molecular formula is C32H40N6O6S. The van der Waals surface area contributed by atoms with Gasteiger partial charge in [0.05, 0.1) is 49.6 Å². The van der Waals surface area contributed by atoms with Gasteiger partial charge in [0.15, 0.2) is 11.8 Å². The predicted molar refractivity (Wildman–Crippen MR) is 174 cm³/mol. The van der Waals surface area contributed by atoms with Crippen LogP contribution < -0.4 is 25.1 Å². The molecule has 2 atom stereocenters. The Hall–Kier alpha value is -4.49. The number of anilines is 3. The Morgan fingerprint density at radius 1 is 1.04 bits per heavy atom. The molecule has 45 heavy (non-hydrogen) atoms. The maximum absolute atomic E-state index is 13.6. The van der Waals surface area contributed by atoms with Crippen molar-refractivity contribution in [2.24, 2.45) is 10.3 Å². The van der Waals surface area contributed by atoms with Crippen molar-refractivity contribution >= 4 is 38.9 Å². The van der Waals surface area contributed by atoms with Crippen molar-refractivity contribution in [3.05, 3.63) is 82.9 Å². The first kappa shape index (κ1) is 33.4. The summed E-state index contributed by atoms with van der Waals surface area (Å²) in [5.74, 6) is -0.553. The molecule has 1 aliphatic heterocycles. The number of ether oxygens (including phenoxy) is 2. The number of benzene rings is 3. The molecule has 0 aromatic heterocycles. The van der Waals surface area contributed by atoms with Crippen molar-refractivity contribution in [1.29, 1.82) is 0 Å². The second-order valence-corrected chi connectivity index (χ2v) is 13.7. The largest absolute Gasteiger partial charge is 0.492 e. The van der Waals surface area contributed by atoms with Gasteiger partial charge in [-0.05, 0) is 53.3 Å². The molecule has 0 fully saturated rings. The van der Waals surface area contributed by atoms with Crippen molar-refractivity contribution in [3.8, 4) is 5.75 Å². The average Bonchev–Trinajstić information content (AvgIpc) is 3.46. The summed E-state index contributed by atoms with van der Waals surface area (Å²) < 4.78 is 37.5. The van der Waals surface area contributed by atoms with Crippen molar-refractivity contribution < 1.29 is 27.5 Å². The van der Waals surface area contributed by atoms with Crippen molar-refractivity contribution in [1.82, 2.24) is 5.32 Å². The smallest absolute Gasteiger partial charge is 0.255 e. The van der Waals surface area contributed by atoms with E-state index in [1.54, 1.807) is 42.5 Å². The van der Waals surface area contributed by atoms with Gasteiger partial charge in [0.1, 0.15) is 0 Å². The summed E-state index contributed by atoms with van der Waals surface area (Å²) in [4.78, 5) is 26.7. The Morgan fingerprint density at radius 3 is 2.36 bits per heavy atom. The Balaban J connectivity index is 1.54. The molecule has 3 aromatic rings. The van der Waals surface area contributed by atoms with E-state index in [9.17, 15) is 18.0 Å². The molecule has 0 radical (unpaired) electrons. The van der Waals surface area contributed by atoms with Crippen LogP contribution in [0.5, 0.6) is 5.75 Å². The summed E-state index contributed by atoms with van der Waals surface area (Å²) in [6.07, 6.45) is 1.05. The highest BCUT2D eigenvalue weighted by atomic mass is 32.2. The highest BCUT2D eigenvalue weighted by Crippen LogP contribution is 2.39. The Bertz CT molecular complexity index is 1690. The van der Waals surface area contributed by atoms with E-state index in [-0.39, 0.29) is 35.3 Å². The van der Waals surface area contributed by atoms with Crippen LogP contribution in [0.2, 0.25) is 0 Å². The van der Waals surface area contributed by atoms with Gasteiger partial charge in [-0.25, -0.2) is 13.4 Å². The van der Waals surface area contributed by atoms with Gasteiger partial charge in [-0.15, -0.1) is 0 Å². The SMILES string of the molecule is COC[C@@H](NC(=O)C1CN(c2cc(C(=O)Nc3cc(C(C)(C)C)cc(NS(C)(=O)=O)c3OC)ccc2C)N=N1)c1ccccc1. The van der Waals surface area contributed by atoms with Crippen LogP contribution in [0.4, 0.5) is 17.1 Å². The third kappa shape index (κ3) is 8.37. The van der Waals surface area contributed by atoms with E-state index in [4.69, 9.17) is 9.47 Å². The predicted octanol–water partition coefficient (Wildman–Crippen LogP) is 4.98. The molecule has 0 bridgehead atoms. The third-order valence-corrected chi connectivity index (χ3v) is 7.84. The summed E-state index contributed by atoms with van der Waals surface area (Å²) in [6, 6.07) is 17.1. The van der Waals surface area contributed by atoms with Crippen LogP contribution in [-0.2, 0) is 25.0 Å². The fourth-order valence-electron chi connectivity index (χ4n) is 4.86. The van der Waals surface area contributed by atoms with Crippen LogP contribution in [0.1, 0.15) is 53.9 Å². The van der Waals surface area contributed by atoms with E-state index >= 15 is 0 Å². The topological polar surface area (TPSA) is 151 Å². The van der Waals surface area contributed by atoms with Crippen LogP contribution in [0.25, 0.3) is 0 Å². The molecule has 240 valence electrons. The van der Waals surface area contributed by atoms with Crippen molar-refractivity contribution in [2.45, 2.75) is 45.2 Å². The summed E-state index contributed by atoms with van der Waals surface area (Å²) >= 11 is 0. The molecular weight excluding hydrogens is 596 g/mol. The maximum Gasteiger partial charge on any atom is 0.255 e. The molecule has 0 saturated heterocycles. The Labute approximate surface area is 264 Å². The lowest BCUT2D eigenvalue weighted by Gasteiger charge is -2.24. The highest BCUT2D eigenvalue weighted by molar-refractivity contribution is 7.92. The van der Waals surface area contributed by atoms with Crippen LogP contribution in [0.3, 0.4) is 0 Å². The summed E-state index contributed by atoms with van der Waals surface area (Å²) in [5.41, 5.74) is 3.65. The third-order valence-electron chi connectivity index (χ3n) is 7.25. The molecule has 1 aliphatic rings. The lowest BCUT2D eigenvalue weighted by molar-refractivity contribution is -0.123. The summed E-state index contributed by atoms with van der Waals surface area (Å²) in [5, 5.41) is 15.9. The van der Waals surface area contributed by atoms with Crippen molar-refractivity contribution in [2.75, 3.05) is 48.7 Å². The number of carbonyl (C=O) groups is 2. The number of sulfonamides is 1. The van der Waals surface area contributed by atoms with Gasteiger partial charge >= 0.3 is 0 Å². The quantitative estimate of drug-likeness (QED) is 0.268. The van der Waals surface area contributed by atoms with Gasteiger partial charge in [-0.2, -0.15) is 5.11 Å². The van der Waals surface area contributed by atoms with Gasteiger partial charge in [-0.3, -0.25) is 14.3 Å². The standard InChI is InChI=1S/C32H40N6O6S/c1-20-13-14-22(30(39)33-24-16-23(32(2,3)4)17-25(29(24)44-6)36-45(7,41)42)15-28(20)38-18-26(35-37-38)31(40)34-27(19-43-5)21-11-9-8-10-12-21/h8-17,26-27,36H,18-19H2,1-7H3,(H,33,39)(H,34,40)/t26?,27-/m1/s1. The number of carbonyl (C=O) groups excluding carboxylic acids is 2. The number of rotatable bonds is 11. The number of methoxy groups -OCH3 is 2. The fraction of sp³-hybridized carbons (Fsp3) is 0.375. The van der Waals surface area contributed by atoms with E-state index in [1.165, 1.54) is 7.11 Å². The molecule has 0 aliphatic carbocycles.